The largest absolute Gasteiger partial charge is 0.494 e. The lowest BCUT2D eigenvalue weighted by Crippen LogP contribution is -2.42. The molecule has 0 radical (unpaired) electrons. The van der Waals surface area contributed by atoms with Gasteiger partial charge in [-0.3, -0.25) is 4.79 Å². The van der Waals surface area contributed by atoms with Gasteiger partial charge in [0.05, 0.1) is 30.4 Å². The summed E-state index contributed by atoms with van der Waals surface area (Å²) in [5.74, 6) is 0.929. The average Bonchev–Trinajstić information content (AvgIpc) is 3.39. The second-order valence-electron chi connectivity index (χ2n) is 9.15. The molecular weight excluding hydrogens is 482 g/mol. The van der Waals surface area contributed by atoms with Crippen LogP contribution < -0.4 is 30.3 Å². The van der Waals surface area contributed by atoms with E-state index in [1.807, 2.05) is 12.1 Å². The van der Waals surface area contributed by atoms with Gasteiger partial charge in [0, 0.05) is 31.7 Å². The second kappa shape index (κ2) is 11.8. The molecule has 4 rings (SSSR count). The van der Waals surface area contributed by atoms with Crippen molar-refractivity contribution in [2.75, 3.05) is 62.9 Å². The first-order valence-electron chi connectivity index (χ1n) is 12.1. The van der Waals surface area contributed by atoms with Crippen molar-refractivity contribution in [1.29, 1.82) is 0 Å². The lowest BCUT2D eigenvalue weighted by molar-refractivity contribution is -0.111. The molecule has 1 aromatic carbocycles. The fourth-order valence-electron chi connectivity index (χ4n) is 4.51. The number of benzene rings is 1. The van der Waals surface area contributed by atoms with E-state index < -0.39 is 0 Å². The van der Waals surface area contributed by atoms with Crippen LogP contribution in [0.15, 0.2) is 31.0 Å². The van der Waals surface area contributed by atoms with Crippen LogP contribution in [0.1, 0.15) is 19.3 Å². The Morgan fingerprint density at radius 3 is 2.69 bits per heavy atom. The molecule has 0 saturated carbocycles. The van der Waals surface area contributed by atoms with E-state index in [0.717, 1.165) is 51.1 Å². The van der Waals surface area contributed by atoms with Crippen LogP contribution in [-0.4, -0.2) is 80.3 Å². The maximum atomic E-state index is 12.3. The predicted molar refractivity (Wildman–Crippen MR) is 143 cm³/mol. The molecule has 1 amide bonds. The van der Waals surface area contributed by atoms with E-state index in [4.69, 9.17) is 21.1 Å². The minimum atomic E-state index is -0.292. The fourth-order valence-corrected chi connectivity index (χ4v) is 4.64. The van der Waals surface area contributed by atoms with Crippen molar-refractivity contribution in [1.82, 2.24) is 20.2 Å². The van der Waals surface area contributed by atoms with E-state index in [2.05, 4.69) is 56.4 Å². The van der Waals surface area contributed by atoms with Gasteiger partial charge in [-0.25, -0.2) is 4.98 Å². The molecule has 2 aromatic rings. The van der Waals surface area contributed by atoms with E-state index in [0.29, 0.717) is 40.0 Å². The molecule has 2 aliphatic rings. The van der Waals surface area contributed by atoms with Gasteiger partial charge in [-0.2, -0.15) is 4.98 Å². The highest BCUT2D eigenvalue weighted by molar-refractivity contribution is 6.31. The number of methoxy groups -OCH3 is 1. The molecule has 2 fully saturated rings. The highest BCUT2D eigenvalue weighted by Crippen LogP contribution is 2.39. The number of nitrogens with zero attached hydrogens (tertiary/aromatic N) is 4. The van der Waals surface area contributed by atoms with Gasteiger partial charge < -0.3 is 35.2 Å². The van der Waals surface area contributed by atoms with Crippen molar-refractivity contribution in [3.63, 3.8) is 0 Å². The highest BCUT2D eigenvalue weighted by Gasteiger charge is 2.25. The Morgan fingerprint density at radius 2 is 2.06 bits per heavy atom. The Hall–Kier alpha value is -3.08. The highest BCUT2D eigenvalue weighted by atomic mass is 35.5. The molecule has 0 unspecified atom stereocenters. The van der Waals surface area contributed by atoms with Crippen LogP contribution in [0.3, 0.4) is 0 Å². The summed E-state index contributed by atoms with van der Waals surface area (Å²) in [5, 5.41) is 9.73. The first-order chi connectivity index (χ1) is 17.4. The van der Waals surface area contributed by atoms with Crippen molar-refractivity contribution < 1.29 is 14.3 Å². The molecule has 2 aliphatic heterocycles. The van der Waals surface area contributed by atoms with Crippen LogP contribution >= 0.6 is 11.6 Å². The Bertz CT molecular complexity index is 1080. The molecule has 3 N–H and O–H groups in total. The lowest BCUT2D eigenvalue weighted by Gasteiger charge is -2.37. The molecule has 10 nitrogen and oxygen atoms in total. The van der Waals surface area contributed by atoms with Crippen molar-refractivity contribution >= 4 is 40.5 Å². The van der Waals surface area contributed by atoms with Crippen LogP contribution in [0.5, 0.6) is 11.6 Å². The number of rotatable bonds is 9. The summed E-state index contributed by atoms with van der Waals surface area (Å²) in [6, 6.07) is 4.29. The van der Waals surface area contributed by atoms with Crippen LogP contribution in [0, 0.1) is 0 Å². The Balaban J connectivity index is 1.61. The number of amides is 1. The number of halogens is 1. The molecule has 2 saturated heterocycles. The first-order valence-corrected chi connectivity index (χ1v) is 12.5. The molecule has 0 spiro atoms. The number of aromatic nitrogens is 2. The number of carbonyl (C=O) groups excluding carboxylic acids is 1. The standard InChI is InChI=1S/C25H34ClN7O3/c1-5-23(34)29-19-12-20(22(35-4)13-21(19)33-10-7-16(8-11-33)32(2)3)30-25-28-15-18(26)24(31-25)36-17-6-9-27-14-17/h5,12-13,15-17,27H,1,6-11,14H2,2-4H3,(H,29,34)(H,28,30,31)/t17-/m1/s1. The zero-order valence-electron chi connectivity index (χ0n) is 21.0. The molecule has 1 aromatic heterocycles. The third-order valence-electron chi connectivity index (χ3n) is 6.55. The average molecular weight is 516 g/mol. The second-order valence-corrected chi connectivity index (χ2v) is 9.56. The van der Waals surface area contributed by atoms with Crippen molar-refractivity contribution in [3.05, 3.63) is 36.0 Å². The Kier molecular flexibility index (Phi) is 8.50. The van der Waals surface area contributed by atoms with Crippen molar-refractivity contribution in [2.24, 2.45) is 0 Å². The van der Waals surface area contributed by atoms with Gasteiger partial charge in [0.2, 0.25) is 17.7 Å². The molecule has 11 heteroatoms. The number of ether oxygens (including phenoxy) is 2. The number of hydrogen-bond acceptors (Lipinski definition) is 9. The summed E-state index contributed by atoms with van der Waals surface area (Å²) in [6.45, 7) is 6.97. The Morgan fingerprint density at radius 1 is 1.28 bits per heavy atom. The maximum Gasteiger partial charge on any atom is 0.247 e. The monoisotopic (exact) mass is 515 g/mol. The van der Waals surface area contributed by atoms with Crippen LogP contribution in [0.25, 0.3) is 0 Å². The summed E-state index contributed by atoms with van der Waals surface area (Å²) in [6.07, 6.45) is 5.71. The van der Waals surface area contributed by atoms with Gasteiger partial charge >= 0.3 is 0 Å². The first kappa shape index (κ1) is 26.0. The van der Waals surface area contributed by atoms with E-state index in [9.17, 15) is 4.79 Å². The quantitative estimate of drug-likeness (QED) is 0.434. The van der Waals surface area contributed by atoms with E-state index >= 15 is 0 Å². The van der Waals surface area contributed by atoms with Crippen molar-refractivity contribution in [3.8, 4) is 11.6 Å². The number of nitrogens with one attached hydrogen (secondary N) is 3. The maximum absolute atomic E-state index is 12.3. The number of anilines is 4. The molecule has 0 aliphatic carbocycles. The molecular formula is C25H34ClN7O3. The summed E-state index contributed by atoms with van der Waals surface area (Å²) in [4.78, 5) is 25.6. The van der Waals surface area contributed by atoms with Crippen LogP contribution in [-0.2, 0) is 4.79 Å². The molecule has 1 atom stereocenters. The number of carbonyl (C=O) groups is 1. The number of hydrogen-bond donors (Lipinski definition) is 3. The third kappa shape index (κ3) is 6.18. The van der Waals surface area contributed by atoms with Crippen LogP contribution in [0.4, 0.5) is 23.0 Å². The topological polar surface area (TPSA) is 104 Å². The van der Waals surface area contributed by atoms with E-state index in [-0.39, 0.29) is 12.0 Å². The fraction of sp³-hybridized carbons (Fsp3) is 0.480. The van der Waals surface area contributed by atoms with Crippen LogP contribution in [0.2, 0.25) is 5.02 Å². The van der Waals surface area contributed by atoms with E-state index in [1.165, 1.54) is 12.3 Å². The molecule has 3 heterocycles. The Labute approximate surface area is 217 Å². The normalized spacial score (nSPS) is 18.2. The van der Waals surface area contributed by atoms with Gasteiger partial charge in [0.25, 0.3) is 0 Å². The molecule has 36 heavy (non-hydrogen) atoms. The zero-order chi connectivity index (χ0) is 25.7. The van der Waals surface area contributed by atoms with Crippen molar-refractivity contribution in [2.45, 2.75) is 31.4 Å². The minimum absolute atomic E-state index is 0.0106. The smallest absolute Gasteiger partial charge is 0.247 e. The SMILES string of the molecule is C=CC(=O)Nc1cc(Nc2ncc(Cl)c(O[C@@H]3CCNC3)n2)c(OC)cc1N1CCC(N(C)C)CC1. The van der Waals surface area contributed by atoms with E-state index in [1.54, 1.807) is 7.11 Å². The predicted octanol–water partition coefficient (Wildman–Crippen LogP) is 3.28. The summed E-state index contributed by atoms with van der Waals surface area (Å²) >= 11 is 6.28. The summed E-state index contributed by atoms with van der Waals surface area (Å²) in [5.41, 5.74) is 2.13. The number of piperidine rings is 1. The van der Waals surface area contributed by atoms with Gasteiger partial charge in [-0.05, 0) is 52.0 Å². The summed E-state index contributed by atoms with van der Waals surface area (Å²) in [7, 11) is 5.83. The minimum Gasteiger partial charge on any atom is -0.494 e. The zero-order valence-corrected chi connectivity index (χ0v) is 21.8. The molecule has 0 bridgehead atoms. The third-order valence-corrected chi connectivity index (χ3v) is 6.81. The van der Waals surface area contributed by atoms with Gasteiger partial charge in [-0.15, -0.1) is 0 Å². The lowest BCUT2D eigenvalue weighted by atomic mass is 10.0. The van der Waals surface area contributed by atoms with Gasteiger partial charge in [-0.1, -0.05) is 18.2 Å². The van der Waals surface area contributed by atoms with Gasteiger partial charge in [0.1, 0.15) is 16.9 Å². The van der Waals surface area contributed by atoms with Gasteiger partial charge in [0.15, 0.2) is 0 Å². The molecule has 194 valence electrons. The summed E-state index contributed by atoms with van der Waals surface area (Å²) < 4.78 is 11.7.